The van der Waals surface area contributed by atoms with Crippen LogP contribution in [0, 0.1) is 6.92 Å². The molecule has 1 aromatic rings. The summed E-state index contributed by atoms with van der Waals surface area (Å²) in [5, 5.41) is 0. The third-order valence-electron chi connectivity index (χ3n) is 3.73. The van der Waals surface area contributed by atoms with Crippen LogP contribution in [0.1, 0.15) is 42.4 Å². The lowest BCUT2D eigenvalue weighted by Crippen LogP contribution is -2.25. The predicted octanol–water partition coefficient (Wildman–Crippen LogP) is 4.12. The van der Waals surface area contributed by atoms with Gasteiger partial charge in [0.15, 0.2) is 0 Å². The average molecular weight is 269 g/mol. The van der Waals surface area contributed by atoms with E-state index >= 15 is 0 Å². The Labute approximate surface area is 109 Å². The van der Waals surface area contributed by atoms with Crippen LogP contribution in [0.5, 0.6) is 0 Å². The van der Waals surface area contributed by atoms with Crippen molar-refractivity contribution in [1.29, 1.82) is 0 Å². The molecule has 0 aromatic heterocycles. The van der Waals surface area contributed by atoms with Gasteiger partial charge in [-0.25, -0.2) is 4.79 Å². The van der Waals surface area contributed by atoms with Crippen LogP contribution in [-0.4, -0.2) is 6.08 Å². The van der Waals surface area contributed by atoms with Crippen molar-refractivity contribution in [3.8, 4) is 0 Å². The van der Waals surface area contributed by atoms with Gasteiger partial charge in [-0.1, -0.05) is 25.0 Å². The molecule has 1 aromatic carbocycles. The number of benzene rings is 1. The molecule has 5 heteroatoms. The molecule has 0 atom stereocenters. The number of nitrogens with zero attached hydrogens (tertiary/aromatic N) is 1. The number of carbonyl (C=O) groups excluding carboxylic acids is 1. The summed E-state index contributed by atoms with van der Waals surface area (Å²) >= 11 is 0. The number of aryl methyl sites for hydroxylation is 1. The zero-order chi connectivity index (χ0) is 14.1. The Balaban J connectivity index is 2.69. The molecule has 0 aliphatic heterocycles. The molecule has 0 unspecified atom stereocenters. The van der Waals surface area contributed by atoms with Gasteiger partial charge in [-0.2, -0.15) is 18.2 Å². The van der Waals surface area contributed by atoms with E-state index in [1.807, 2.05) is 0 Å². The van der Waals surface area contributed by atoms with E-state index in [1.54, 1.807) is 13.0 Å². The summed E-state index contributed by atoms with van der Waals surface area (Å²) < 4.78 is 39.5. The molecular formula is C14H14F3NO. The Morgan fingerprint density at radius 2 is 1.89 bits per heavy atom. The second-order valence-electron chi connectivity index (χ2n) is 4.94. The van der Waals surface area contributed by atoms with Crippen LogP contribution < -0.4 is 0 Å². The van der Waals surface area contributed by atoms with E-state index in [4.69, 9.17) is 0 Å². The lowest BCUT2D eigenvalue weighted by molar-refractivity contribution is -0.138. The second kappa shape index (κ2) is 4.82. The minimum atomic E-state index is -4.44. The Hall–Kier alpha value is -1.61. The Morgan fingerprint density at radius 3 is 2.42 bits per heavy atom. The smallest absolute Gasteiger partial charge is 0.211 e. The molecule has 1 aliphatic rings. The molecule has 102 valence electrons. The summed E-state index contributed by atoms with van der Waals surface area (Å²) in [6, 6.07) is 4.07. The van der Waals surface area contributed by atoms with Gasteiger partial charge in [-0.05, 0) is 37.0 Å². The molecule has 0 N–H and O–H groups in total. The van der Waals surface area contributed by atoms with Crippen LogP contribution in [0.3, 0.4) is 0 Å². The number of alkyl halides is 3. The highest BCUT2D eigenvalue weighted by Gasteiger charge is 2.44. The third-order valence-corrected chi connectivity index (χ3v) is 3.73. The van der Waals surface area contributed by atoms with Gasteiger partial charge in [0.2, 0.25) is 6.08 Å². The van der Waals surface area contributed by atoms with E-state index in [1.165, 1.54) is 12.1 Å². The van der Waals surface area contributed by atoms with Gasteiger partial charge < -0.3 is 0 Å². The number of aliphatic imine (C=N–C) groups is 1. The molecule has 0 spiro atoms. The van der Waals surface area contributed by atoms with Crippen molar-refractivity contribution in [2.45, 2.75) is 44.3 Å². The molecule has 19 heavy (non-hydrogen) atoms. The van der Waals surface area contributed by atoms with Gasteiger partial charge in [0, 0.05) is 0 Å². The maximum Gasteiger partial charge on any atom is 0.416 e. The summed E-state index contributed by atoms with van der Waals surface area (Å²) in [5.41, 5.74) is -1.06. The first-order valence-electron chi connectivity index (χ1n) is 6.17. The van der Waals surface area contributed by atoms with Crippen molar-refractivity contribution < 1.29 is 18.0 Å². The van der Waals surface area contributed by atoms with E-state index in [0.717, 1.165) is 18.9 Å². The fourth-order valence-corrected chi connectivity index (χ4v) is 2.99. The molecule has 0 heterocycles. The van der Waals surface area contributed by atoms with Gasteiger partial charge in [0.05, 0.1) is 11.1 Å². The van der Waals surface area contributed by atoms with Gasteiger partial charge in [-0.3, -0.25) is 0 Å². The summed E-state index contributed by atoms with van der Waals surface area (Å²) in [6.07, 6.45) is -0.487. The Bertz CT molecular complexity index is 524. The topological polar surface area (TPSA) is 29.4 Å². The average Bonchev–Trinajstić information content (AvgIpc) is 2.77. The molecule has 2 nitrogen and oxygen atoms in total. The van der Waals surface area contributed by atoms with E-state index in [0.29, 0.717) is 18.4 Å². The van der Waals surface area contributed by atoms with Crippen LogP contribution in [0.25, 0.3) is 0 Å². The minimum Gasteiger partial charge on any atom is -0.211 e. The fraction of sp³-hybridized carbons (Fsp3) is 0.500. The van der Waals surface area contributed by atoms with Gasteiger partial charge in [0.25, 0.3) is 0 Å². The van der Waals surface area contributed by atoms with E-state index < -0.39 is 17.3 Å². The molecule has 0 radical (unpaired) electrons. The molecule has 1 aliphatic carbocycles. The summed E-state index contributed by atoms with van der Waals surface area (Å²) in [6.45, 7) is 1.63. The quantitative estimate of drug-likeness (QED) is 0.586. The Morgan fingerprint density at radius 1 is 1.26 bits per heavy atom. The number of rotatable bonds is 2. The highest BCUT2D eigenvalue weighted by molar-refractivity contribution is 5.46. The lowest BCUT2D eigenvalue weighted by atomic mass is 9.82. The molecule has 1 fully saturated rings. The zero-order valence-electron chi connectivity index (χ0n) is 10.5. The highest BCUT2D eigenvalue weighted by Crippen LogP contribution is 2.48. The molecule has 1 saturated carbocycles. The first kappa shape index (κ1) is 13.8. The largest absolute Gasteiger partial charge is 0.416 e. The molecule has 0 saturated heterocycles. The van der Waals surface area contributed by atoms with Crippen LogP contribution in [0.15, 0.2) is 23.2 Å². The minimum absolute atomic E-state index is 0.142. The first-order chi connectivity index (χ1) is 8.91. The van der Waals surface area contributed by atoms with E-state index in [9.17, 15) is 18.0 Å². The normalized spacial score (nSPS) is 18.1. The molecule has 2 rings (SSSR count). The lowest BCUT2D eigenvalue weighted by Gasteiger charge is -2.28. The number of hydrogen-bond donors (Lipinski definition) is 0. The fourth-order valence-electron chi connectivity index (χ4n) is 2.99. The van der Waals surface area contributed by atoms with Crippen molar-refractivity contribution >= 4 is 6.08 Å². The SMILES string of the molecule is Cc1cccc(C(F)(F)F)c1C1(N=C=O)CCCC1. The number of isocyanates is 1. The summed E-state index contributed by atoms with van der Waals surface area (Å²) in [7, 11) is 0. The highest BCUT2D eigenvalue weighted by atomic mass is 19.4. The van der Waals surface area contributed by atoms with Crippen molar-refractivity contribution in [2.75, 3.05) is 0 Å². The number of hydrogen-bond acceptors (Lipinski definition) is 2. The second-order valence-corrected chi connectivity index (χ2v) is 4.94. The van der Waals surface area contributed by atoms with Crippen LogP contribution in [-0.2, 0) is 16.5 Å². The third kappa shape index (κ3) is 2.43. The maximum atomic E-state index is 13.2. The van der Waals surface area contributed by atoms with Crippen LogP contribution in [0.2, 0.25) is 0 Å². The van der Waals surface area contributed by atoms with Crippen molar-refractivity contribution in [3.63, 3.8) is 0 Å². The molecule has 0 bridgehead atoms. The van der Waals surface area contributed by atoms with Crippen molar-refractivity contribution in [3.05, 3.63) is 34.9 Å². The summed E-state index contributed by atoms with van der Waals surface area (Å²) in [4.78, 5) is 14.4. The van der Waals surface area contributed by atoms with E-state index in [-0.39, 0.29) is 5.56 Å². The predicted molar refractivity (Wildman–Crippen MR) is 64.4 cm³/mol. The number of halogens is 3. The summed E-state index contributed by atoms with van der Waals surface area (Å²) in [5.74, 6) is 0. The van der Waals surface area contributed by atoms with Gasteiger partial charge in [0.1, 0.15) is 0 Å². The van der Waals surface area contributed by atoms with Gasteiger partial charge >= 0.3 is 6.18 Å². The van der Waals surface area contributed by atoms with Gasteiger partial charge in [-0.15, -0.1) is 0 Å². The molecule has 0 amide bonds. The van der Waals surface area contributed by atoms with E-state index in [2.05, 4.69) is 4.99 Å². The monoisotopic (exact) mass is 269 g/mol. The van der Waals surface area contributed by atoms with Crippen molar-refractivity contribution in [2.24, 2.45) is 4.99 Å². The molecular weight excluding hydrogens is 255 g/mol. The zero-order valence-corrected chi connectivity index (χ0v) is 10.5. The maximum absolute atomic E-state index is 13.2. The Kier molecular flexibility index (Phi) is 3.50. The van der Waals surface area contributed by atoms with Crippen LogP contribution >= 0.6 is 0 Å². The van der Waals surface area contributed by atoms with Crippen LogP contribution in [0.4, 0.5) is 13.2 Å². The standard InChI is InChI=1S/C14H14F3NO/c1-10-5-4-6-11(14(15,16)17)12(10)13(18-9-19)7-2-3-8-13/h4-6H,2-3,7-8H2,1H3. The van der Waals surface area contributed by atoms with Crippen molar-refractivity contribution in [1.82, 2.24) is 0 Å². The first-order valence-corrected chi connectivity index (χ1v) is 6.17.